The number of nitrogens with one attached hydrogen (secondary N) is 1. The minimum absolute atomic E-state index is 0.874. The lowest BCUT2D eigenvalue weighted by Crippen LogP contribution is -2.43. The van der Waals surface area contributed by atoms with Crippen molar-refractivity contribution in [2.45, 2.75) is 76.8 Å². The zero-order valence-corrected chi connectivity index (χ0v) is 11.9. The van der Waals surface area contributed by atoms with Gasteiger partial charge in [0.05, 0.1) is 0 Å². The number of hydrogen-bond acceptors (Lipinski definition) is 1. The Kier molecular flexibility index (Phi) is 2.94. The zero-order valence-electron chi connectivity index (χ0n) is 11.9. The van der Waals surface area contributed by atoms with E-state index < -0.39 is 0 Å². The van der Waals surface area contributed by atoms with Gasteiger partial charge in [0.2, 0.25) is 0 Å². The van der Waals surface area contributed by atoms with E-state index in [4.69, 9.17) is 0 Å². The van der Waals surface area contributed by atoms with Crippen molar-refractivity contribution >= 4 is 0 Å². The first kappa shape index (κ1) is 11.8. The first-order valence-electron chi connectivity index (χ1n) is 8.61. The molecule has 0 spiro atoms. The van der Waals surface area contributed by atoms with E-state index in [9.17, 15) is 0 Å². The first-order valence-corrected chi connectivity index (χ1v) is 8.61. The summed E-state index contributed by atoms with van der Waals surface area (Å²) < 4.78 is 0. The Hall–Kier alpha value is -0.0400. The van der Waals surface area contributed by atoms with Crippen molar-refractivity contribution in [3.8, 4) is 0 Å². The normalized spacial score (nSPS) is 54.2. The predicted octanol–water partition coefficient (Wildman–Crippen LogP) is 3.98. The van der Waals surface area contributed by atoms with Crippen molar-refractivity contribution in [2.24, 2.45) is 29.6 Å². The summed E-state index contributed by atoms with van der Waals surface area (Å²) in [6, 6.07) is 1.79. The molecule has 7 unspecified atom stereocenters. The highest BCUT2D eigenvalue weighted by Gasteiger charge is 2.53. The molecule has 0 heterocycles. The Bertz CT molecular complexity index is 313. The molecule has 7 atom stereocenters. The second kappa shape index (κ2) is 4.51. The Morgan fingerprint density at radius 3 is 2.61 bits per heavy atom. The molecule has 18 heavy (non-hydrogen) atoms. The van der Waals surface area contributed by atoms with Gasteiger partial charge in [0.1, 0.15) is 0 Å². The molecule has 4 rings (SSSR count). The van der Waals surface area contributed by atoms with Gasteiger partial charge in [0.25, 0.3) is 0 Å². The van der Waals surface area contributed by atoms with Crippen LogP contribution in [-0.4, -0.2) is 12.1 Å². The van der Waals surface area contributed by atoms with E-state index in [0.717, 1.165) is 41.7 Å². The van der Waals surface area contributed by atoms with Crippen LogP contribution in [0.4, 0.5) is 0 Å². The molecule has 4 aliphatic rings. The molecule has 0 aromatic rings. The van der Waals surface area contributed by atoms with Gasteiger partial charge in [-0.3, -0.25) is 0 Å². The topological polar surface area (TPSA) is 12.0 Å². The van der Waals surface area contributed by atoms with Crippen LogP contribution < -0.4 is 5.32 Å². The van der Waals surface area contributed by atoms with Crippen LogP contribution in [0.15, 0.2) is 0 Å². The third-order valence-corrected chi connectivity index (χ3v) is 7.00. The van der Waals surface area contributed by atoms with Gasteiger partial charge < -0.3 is 5.32 Å². The van der Waals surface area contributed by atoms with Crippen molar-refractivity contribution in [1.82, 2.24) is 5.32 Å². The third-order valence-electron chi connectivity index (χ3n) is 7.00. The molecule has 0 amide bonds. The highest BCUT2D eigenvalue weighted by molar-refractivity contribution is 5.06. The summed E-state index contributed by atoms with van der Waals surface area (Å²) in [5.41, 5.74) is 0. The second-order valence-corrected chi connectivity index (χ2v) is 7.71. The minimum atomic E-state index is 0.874. The van der Waals surface area contributed by atoms with Gasteiger partial charge in [-0.05, 0) is 74.5 Å². The molecule has 0 saturated heterocycles. The standard InChI is InChI=1S/C17H29N/c1-2-11-6-7-13(8-11)18-17-10-12-9-16(17)15-5-3-4-14(12)15/h11-18H,2-10H2,1H3. The van der Waals surface area contributed by atoms with E-state index in [-0.39, 0.29) is 0 Å². The van der Waals surface area contributed by atoms with Gasteiger partial charge in [-0.1, -0.05) is 19.8 Å². The zero-order chi connectivity index (χ0) is 12.1. The number of hydrogen-bond donors (Lipinski definition) is 1. The summed E-state index contributed by atoms with van der Waals surface area (Å²) in [4.78, 5) is 0. The molecule has 1 heteroatoms. The third kappa shape index (κ3) is 1.77. The van der Waals surface area contributed by atoms with Gasteiger partial charge in [0.15, 0.2) is 0 Å². The molecule has 1 N–H and O–H groups in total. The van der Waals surface area contributed by atoms with Crippen molar-refractivity contribution in [3.63, 3.8) is 0 Å². The van der Waals surface area contributed by atoms with Crippen LogP contribution in [0.3, 0.4) is 0 Å². The van der Waals surface area contributed by atoms with E-state index in [1.807, 2.05) is 0 Å². The van der Waals surface area contributed by atoms with Gasteiger partial charge >= 0.3 is 0 Å². The van der Waals surface area contributed by atoms with E-state index >= 15 is 0 Å². The molecule has 4 saturated carbocycles. The smallest absolute Gasteiger partial charge is 0.0103 e. The Balaban J connectivity index is 1.37. The van der Waals surface area contributed by atoms with E-state index in [1.165, 1.54) is 38.5 Å². The van der Waals surface area contributed by atoms with Crippen LogP contribution in [0.1, 0.15) is 64.7 Å². The average Bonchev–Trinajstić information content (AvgIpc) is 3.10. The van der Waals surface area contributed by atoms with Crippen LogP contribution in [0, 0.1) is 29.6 Å². The maximum absolute atomic E-state index is 4.09. The Morgan fingerprint density at radius 1 is 0.889 bits per heavy atom. The summed E-state index contributed by atoms with van der Waals surface area (Å²) in [6.07, 6.45) is 13.6. The Labute approximate surface area is 112 Å². The summed E-state index contributed by atoms with van der Waals surface area (Å²) in [6.45, 7) is 2.37. The molecular formula is C17H29N. The lowest BCUT2D eigenvalue weighted by atomic mass is 9.79. The quantitative estimate of drug-likeness (QED) is 0.795. The fourth-order valence-corrected chi connectivity index (χ4v) is 6.16. The van der Waals surface area contributed by atoms with Crippen molar-refractivity contribution in [1.29, 1.82) is 0 Å². The number of fused-ring (bicyclic) bond motifs is 5. The van der Waals surface area contributed by atoms with Crippen molar-refractivity contribution in [3.05, 3.63) is 0 Å². The van der Waals surface area contributed by atoms with Crippen molar-refractivity contribution in [2.75, 3.05) is 0 Å². The van der Waals surface area contributed by atoms with Gasteiger partial charge in [-0.2, -0.15) is 0 Å². The highest BCUT2D eigenvalue weighted by Crippen LogP contribution is 2.58. The lowest BCUT2D eigenvalue weighted by molar-refractivity contribution is 0.197. The summed E-state index contributed by atoms with van der Waals surface area (Å²) >= 11 is 0. The first-order chi connectivity index (χ1) is 8.85. The second-order valence-electron chi connectivity index (χ2n) is 7.71. The molecular weight excluding hydrogens is 218 g/mol. The monoisotopic (exact) mass is 247 g/mol. The average molecular weight is 247 g/mol. The summed E-state index contributed by atoms with van der Waals surface area (Å²) in [5.74, 6) is 5.50. The highest BCUT2D eigenvalue weighted by atomic mass is 15.0. The SMILES string of the molecule is CCC1CCC(NC2CC3CC2C2CCCC32)C1. The maximum atomic E-state index is 4.09. The number of rotatable bonds is 3. The van der Waals surface area contributed by atoms with Gasteiger partial charge in [-0.15, -0.1) is 0 Å². The molecule has 0 aliphatic heterocycles. The molecule has 102 valence electrons. The lowest BCUT2D eigenvalue weighted by Gasteiger charge is -2.34. The summed E-state index contributed by atoms with van der Waals surface area (Å²) in [7, 11) is 0. The van der Waals surface area contributed by atoms with Crippen LogP contribution in [0.2, 0.25) is 0 Å². The Morgan fingerprint density at radius 2 is 1.78 bits per heavy atom. The fraction of sp³-hybridized carbons (Fsp3) is 1.00. The molecule has 0 radical (unpaired) electrons. The molecule has 1 nitrogen and oxygen atoms in total. The summed E-state index contributed by atoms with van der Waals surface area (Å²) in [5, 5.41) is 4.09. The van der Waals surface area contributed by atoms with E-state index in [2.05, 4.69) is 12.2 Å². The largest absolute Gasteiger partial charge is 0.311 e. The molecule has 4 aliphatic carbocycles. The molecule has 0 aromatic heterocycles. The van der Waals surface area contributed by atoms with Gasteiger partial charge in [-0.25, -0.2) is 0 Å². The predicted molar refractivity (Wildman–Crippen MR) is 75.4 cm³/mol. The van der Waals surface area contributed by atoms with Crippen LogP contribution in [0.5, 0.6) is 0 Å². The fourth-order valence-electron chi connectivity index (χ4n) is 6.16. The van der Waals surface area contributed by atoms with Crippen LogP contribution in [0.25, 0.3) is 0 Å². The molecule has 2 bridgehead atoms. The maximum Gasteiger partial charge on any atom is 0.0103 e. The van der Waals surface area contributed by atoms with Crippen LogP contribution in [-0.2, 0) is 0 Å². The van der Waals surface area contributed by atoms with Crippen LogP contribution >= 0.6 is 0 Å². The molecule has 0 aromatic carbocycles. The van der Waals surface area contributed by atoms with E-state index in [1.54, 1.807) is 19.3 Å². The van der Waals surface area contributed by atoms with Gasteiger partial charge in [0, 0.05) is 12.1 Å². The minimum Gasteiger partial charge on any atom is -0.311 e. The van der Waals surface area contributed by atoms with E-state index in [0.29, 0.717) is 0 Å². The van der Waals surface area contributed by atoms with Crippen molar-refractivity contribution < 1.29 is 0 Å². The molecule has 4 fully saturated rings.